The van der Waals surface area contributed by atoms with Crippen LogP contribution >= 0.6 is 15.9 Å². The van der Waals surface area contributed by atoms with Crippen molar-refractivity contribution >= 4 is 15.9 Å². The lowest BCUT2D eigenvalue weighted by molar-refractivity contribution is 0.284. The van der Waals surface area contributed by atoms with E-state index in [1.54, 1.807) is 0 Å². The van der Waals surface area contributed by atoms with Gasteiger partial charge in [0.2, 0.25) is 5.82 Å². The van der Waals surface area contributed by atoms with Crippen LogP contribution in [0, 0.1) is 11.6 Å². The Morgan fingerprint density at radius 1 is 1.14 bits per heavy atom. The normalized spacial score (nSPS) is 10.7. The molecule has 0 aliphatic heterocycles. The molecule has 2 aromatic rings. The number of hydrogen-bond acceptors (Lipinski definition) is 2. The van der Waals surface area contributed by atoms with E-state index < -0.39 is 11.6 Å². The van der Waals surface area contributed by atoms with Crippen molar-refractivity contribution in [3.63, 3.8) is 0 Å². The maximum Gasteiger partial charge on any atom is 0.200 e. The topological polar surface area (TPSA) is 21.3 Å². The molecule has 0 radical (unpaired) electrons. The minimum absolute atomic E-state index is 0.0982. The summed E-state index contributed by atoms with van der Waals surface area (Å²) in [5.74, 6) is -2.00. The Balaban J connectivity index is 2.06. The fourth-order valence-corrected chi connectivity index (χ4v) is 2.31. The van der Waals surface area contributed by atoms with E-state index in [2.05, 4.69) is 21.2 Å². The Kier molecular flexibility index (Phi) is 5.70. The maximum absolute atomic E-state index is 13.6. The van der Waals surface area contributed by atoms with E-state index in [-0.39, 0.29) is 12.4 Å². The van der Waals surface area contributed by atoms with Crippen molar-refractivity contribution < 1.29 is 13.5 Å². The highest BCUT2D eigenvalue weighted by molar-refractivity contribution is 9.10. The molecule has 1 N–H and O–H groups in total. The van der Waals surface area contributed by atoms with Gasteiger partial charge in [-0.3, -0.25) is 0 Å². The molecule has 0 saturated carbocycles. The zero-order valence-electron chi connectivity index (χ0n) is 11.6. The average Bonchev–Trinajstić information content (AvgIpc) is 2.47. The monoisotopic (exact) mass is 355 g/mol. The molecule has 2 rings (SSSR count). The van der Waals surface area contributed by atoms with Crippen LogP contribution in [0.25, 0.3) is 0 Å². The molecular formula is C16H16BrF2NO. The Labute approximate surface area is 131 Å². The van der Waals surface area contributed by atoms with Gasteiger partial charge in [-0.05, 0) is 29.8 Å². The SMILES string of the molecule is CCNCc1cccc(COc2cc(Br)cc(F)c2F)c1. The third-order valence-corrected chi connectivity index (χ3v) is 3.38. The second-order valence-corrected chi connectivity index (χ2v) is 5.50. The van der Waals surface area contributed by atoms with Gasteiger partial charge in [-0.2, -0.15) is 4.39 Å². The molecule has 0 atom stereocenters. The molecule has 0 aliphatic carbocycles. The molecule has 0 amide bonds. The average molecular weight is 356 g/mol. The molecule has 0 fully saturated rings. The fourth-order valence-electron chi connectivity index (χ4n) is 1.90. The molecule has 2 nitrogen and oxygen atoms in total. The largest absolute Gasteiger partial charge is 0.486 e. The smallest absolute Gasteiger partial charge is 0.200 e. The molecule has 0 bridgehead atoms. The number of halogens is 3. The Hall–Kier alpha value is -1.46. The van der Waals surface area contributed by atoms with Gasteiger partial charge in [-0.15, -0.1) is 0 Å². The van der Waals surface area contributed by atoms with Crippen molar-refractivity contribution in [1.29, 1.82) is 0 Å². The van der Waals surface area contributed by atoms with Crippen LogP contribution in [0.5, 0.6) is 5.75 Å². The standard InChI is InChI=1S/C16H16BrF2NO/c1-2-20-9-11-4-3-5-12(6-11)10-21-15-8-13(17)7-14(18)16(15)19/h3-8,20H,2,9-10H2,1H3. The first-order valence-corrected chi connectivity index (χ1v) is 7.45. The van der Waals surface area contributed by atoms with Gasteiger partial charge in [0, 0.05) is 11.0 Å². The predicted molar refractivity (Wildman–Crippen MR) is 82.2 cm³/mol. The number of ether oxygens (including phenoxy) is 1. The Morgan fingerprint density at radius 2 is 1.90 bits per heavy atom. The van der Waals surface area contributed by atoms with E-state index in [1.165, 1.54) is 6.07 Å². The highest BCUT2D eigenvalue weighted by Gasteiger charge is 2.11. The third-order valence-electron chi connectivity index (χ3n) is 2.92. The summed E-state index contributed by atoms with van der Waals surface area (Å²) in [6, 6.07) is 10.3. The highest BCUT2D eigenvalue weighted by Crippen LogP contribution is 2.26. The van der Waals surface area contributed by atoms with E-state index in [0.717, 1.165) is 30.3 Å². The Morgan fingerprint density at radius 3 is 2.67 bits per heavy atom. The van der Waals surface area contributed by atoms with E-state index in [9.17, 15) is 8.78 Å². The van der Waals surface area contributed by atoms with Crippen LogP contribution in [-0.2, 0) is 13.2 Å². The van der Waals surface area contributed by atoms with E-state index in [1.807, 2.05) is 31.2 Å². The third kappa shape index (κ3) is 4.51. The van der Waals surface area contributed by atoms with Crippen LogP contribution in [-0.4, -0.2) is 6.54 Å². The number of benzene rings is 2. The minimum atomic E-state index is -0.970. The molecule has 0 spiro atoms. The van der Waals surface area contributed by atoms with Gasteiger partial charge in [-0.1, -0.05) is 47.1 Å². The number of hydrogen-bond donors (Lipinski definition) is 1. The van der Waals surface area contributed by atoms with Gasteiger partial charge >= 0.3 is 0 Å². The second-order valence-electron chi connectivity index (χ2n) is 4.59. The molecule has 112 valence electrons. The summed E-state index contributed by atoms with van der Waals surface area (Å²) in [6.07, 6.45) is 0. The lowest BCUT2D eigenvalue weighted by Gasteiger charge is -2.10. The molecule has 0 saturated heterocycles. The summed E-state index contributed by atoms with van der Waals surface area (Å²) in [6.45, 7) is 3.89. The van der Waals surface area contributed by atoms with Crippen molar-refractivity contribution in [3.05, 3.63) is 63.6 Å². The van der Waals surface area contributed by atoms with Crippen LogP contribution < -0.4 is 10.1 Å². The molecule has 0 unspecified atom stereocenters. The minimum Gasteiger partial charge on any atom is -0.486 e. The van der Waals surface area contributed by atoms with Crippen molar-refractivity contribution in [3.8, 4) is 5.75 Å². The van der Waals surface area contributed by atoms with Gasteiger partial charge < -0.3 is 10.1 Å². The van der Waals surface area contributed by atoms with Gasteiger partial charge in [-0.25, -0.2) is 4.39 Å². The summed E-state index contributed by atoms with van der Waals surface area (Å²) in [7, 11) is 0. The molecule has 0 aliphatic rings. The van der Waals surface area contributed by atoms with Gasteiger partial charge in [0.15, 0.2) is 11.6 Å². The van der Waals surface area contributed by atoms with Crippen LogP contribution in [0.1, 0.15) is 18.1 Å². The summed E-state index contributed by atoms with van der Waals surface area (Å²) >= 11 is 3.12. The van der Waals surface area contributed by atoms with Crippen molar-refractivity contribution in [1.82, 2.24) is 5.32 Å². The zero-order valence-corrected chi connectivity index (χ0v) is 13.2. The molecule has 5 heteroatoms. The van der Waals surface area contributed by atoms with Crippen molar-refractivity contribution in [2.75, 3.05) is 6.54 Å². The predicted octanol–water partition coefficient (Wildman–Crippen LogP) is 4.42. The van der Waals surface area contributed by atoms with Gasteiger partial charge in [0.05, 0.1) is 0 Å². The summed E-state index contributed by atoms with van der Waals surface area (Å²) in [5.41, 5.74) is 2.03. The quantitative estimate of drug-likeness (QED) is 0.774. The van der Waals surface area contributed by atoms with Crippen LogP contribution in [0.15, 0.2) is 40.9 Å². The lowest BCUT2D eigenvalue weighted by atomic mass is 10.1. The molecule has 0 heterocycles. The van der Waals surface area contributed by atoms with Gasteiger partial charge in [0.25, 0.3) is 0 Å². The summed E-state index contributed by atoms with van der Waals surface area (Å²) in [4.78, 5) is 0. The van der Waals surface area contributed by atoms with Gasteiger partial charge in [0.1, 0.15) is 6.61 Å². The fraction of sp³-hybridized carbons (Fsp3) is 0.250. The molecule has 21 heavy (non-hydrogen) atoms. The maximum atomic E-state index is 13.6. The summed E-state index contributed by atoms with van der Waals surface area (Å²) < 4.78 is 32.7. The summed E-state index contributed by atoms with van der Waals surface area (Å²) in [5, 5.41) is 3.23. The van der Waals surface area contributed by atoms with E-state index in [4.69, 9.17) is 4.74 Å². The van der Waals surface area contributed by atoms with E-state index >= 15 is 0 Å². The van der Waals surface area contributed by atoms with Crippen LogP contribution in [0.2, 0.25) is 0 Å². The number of nitrogens with one attached hydrogen (secondary N) is 1. The van der Waals surface area contributed by atoms with Crippen LogP contribution in [0.4, 0.5) is 8.78 Å². The molecule has 2 aromatic carbocycles. The van der Waals surface area contributed by atoms with E-state index in [0.29, 0.717) is 4.47 Å². The van der Waals surface area contributed by atoms with Crippen molar-refractivity contribution in [2.45, 2.75) is 20.1 Å². The molecule has 0 aromatic heterocycles. The lowest BCUT2D eigenvalue weighted by Crippen LogP contribution is -2.11. The van der Waals surface area contributed by atoms with Crippen molar-refractivity contribution in [2.24, 2.45) is 0 Å². The number of rotatable bonds is 6. The Bertz CT molecular complexity index is 619. The first kappa shape index (κ1) is 15.9. The highest BCUT2D eigenvalue weighted by atomic mass is 79.9. The zero-order chi connectivity index (χ0) is 15.2. The second kappa shape index (κ2) is 7.52. The van der Waals surface area contributed by atoms with Crippen LogP contribution in [0.3, 0.4) is 0 Å². The molecular weight excluding hydrogens is 340 g/mol. The first-order valence-electron chi connectivity index (χ1n) is 6.66. The first-order chi connectivity index (χ1) is 10.1.